The largest absolute Gasteiger partial charge is 0.497 e. The van der Waals surface area contributed by atoms with Crippen LogP contribution < -0.4 is 15.4 Å². The fourth-order valence-electron chi connectivity index (χ4n) is 2.98. The lowest BCUT2D eigenvalue weighted by molar-refractivity contribution is 0.0993. The highest BCUT2D eigenvalue weighted by atomic mass is 32.1. The van der Waals surface area contributed by atoms with Crippen LogP contribution in [0.25, 0.3) is 0 Å². The minimum absolute atomic E-state index is 0.281. The Morgan fingerprint density at radius 2 is 1.55 bits per heavy atom. The maximum Gasteiger partial charge on any atom is 0.266 e. The van der Waals surface area contributed by atoms with Gasteiger partial charge in [0.1, 0.15) is 10.6 Å². The molecule has 2 amide bonds. The number of para-hydroxylation sites is 1. The molecule has 3 aromatic rings. The lowest BCUT2D eigenvalue weighted by Crippen LogP contribution is -2.20. The first-order chi connectivity index (χ1) is 14.0. The number of anilines is 2. The van der Waals surface area contributed by atoms with Gasteiger partial charge in [-0.15, -0.1) is 11.3 Å². The lowest BCUT2D eigenvalue weighted by Gasteiger charge is -2.11. The molecular formula is C23H24N2O3S. The number of ether oxygens (including phenoxy) is 1. The summed E-state index contributed by atoms with van der Waals surface area (Å²) < 4.78 is 5.15. The molecule has 29 heavy (non-hydrogen) atoms. The number of thiophene rings is 1. The van der Waals surface area contributed by atoms with Gasteiger partial charge in [0, 0.05) is 11.4 Å². The average molecular weight is 409 g/mol. The van der Waals surface area contributed by atoms with Crippen molar-refractivity contribution in [3.8, 4) is 5.75 Å². The first-order valence-corrected chi connectivity index (χ1v) is 10.3. The van der Waals surface area contributed by atoms with E-state index in [1.54, 1.807) is 31.4 Å². The van der Waals surface area contributed by atoms with Crippen molar-refractivity contribution in [1.82, 2.24) is 0 Å². The van der Waals surface area contributed by atoms with Gasteiger partial charge in [-0.1, -0.05) is 32.0 Å². The number of amides is 2. The zero-order valence-electron chi connectivity index (χ0n) is 16.7. The molecule has 0 fully saturated rings. The van der Waals surface area contributed by atoms with Crippen LogP contribution in [0.5, 0.6) is 5.75 Å². The topological polar surface area (TPSA) is 67.4 Å². The summed E-state index contributed by atoms with van der Waals surface area (Å²) in [7, 11) is 1.59. The Balaban J connectivity index is 1.88. The van der Waals surface area contributed by atoms with E-state index < -0.39 is 0 Å². The summed E-state index contributed by atoms with van der Waals surface area (Å²) in [6.07, 6.45) is 0.723. The molecule has 2 aromatic carbocycles. The summed E-state index contributed by atoms with van der Waals surface area (Å²) in [5.74, 6) is 0.505. The zero-order valence-corrected chi connectivity index (χ0v) is 17.5. The number of hydrogen-bond donors (Lipinski definition) is 2. The second-order valence-corrected chi connectivity index (χ2v) is 7.95. The van der Waals surface area contributed by atoms with Gasteiger partial charge >= 0.3 is 0 Å². The van der Waals surface area contributed by atoms with E-state index in [0.29, 0.717) is 33.5 Å². The molecule has 0 saturated heterocycles. The molecule has 0 unspecified atom stereocenters. The SMILES string of the molecule is COc1ccc(NC(=O)c2c(CC(C)C)csc2C(=O)Nc2ccccc2)cc1. The Morgan fingerprint density at radius 1 is 0.931 bits per heavy atom. The van der Waals surface area contributed by atoms with E-state index in [1.165, 1.54) is 11.3 Å². The highest BCUT2D eigenvalue weighted by Crippen LogP contribution is 2.28. The summed E-state index contributed by atoms with van der Waals surface area (Å²) in [5.41, 5.74) is 2.66. The van der Waals surface area contributed by atoms with Gasteiger partial charge in [0.25, 0.3) is 11.8 Å². The van der Waals surface area contributed by atoms with Crippen LogP contribution in [0.15, 0.2) is 60.0 Å². The maximum atomic E-state index is 13.1. The average Bonchev–Trinajstić information content (AvgIpc) is 3.12. The number of nitrogens with one attached hydrogen (secondary N) is 2. The Kier molecular flexibility index (Phi) is 6.67. The van der Waals surface area contributed by atoms with Crippen molar-refractivity contribution >= 4 is 34.5 Å². The van der Waals surface area contributed by atoms with Gasteiger partial charge in [0.15, 0.2) is 0 Å². The van der Waals surface area contributed by atoms with Gasteiger partial charge in [-0.2, -0.15) is 0 Å². The first kappa shape index (κ1) is 20.6. The summed E-state index contributed by atoms with van der Waals surface area (Å²) in [6, 6.07) is 16.3. The fourth-order valence-corrected chi connectivity index (χ4v) is 3.95. The van der Waals surface area contributed by atoms with Crippen LogP contribution in [-0.4, -0.2) is 18.9 Å². The van der Waals surface area contributed by atoms with Crippen LogP contribution in [0.2, 0.25) is 0 Å². The van der Waals surface area contributed by atoms with Crippen molar-refractivity contribution in [3.05, 3.63) is 76.0 Å². The van der Waals surface area contributed by atoms with Crippen LogP contribution in [0, 0.1) is 5.92 Å². The molecule has 0 aliphatic heterocycles. The van der Waals surface area contributed by atoms with Crippen LogP contribution in [0.1, 0.15) is 39.4 Å². The Labute approximate surface area is 174 Å². The first-order valence-electron chi connectivity index (χ1n) is 9.40. The van der Waals surface area contributed by atoms with Crippen molar-refractivity contribution < 1.29 is 14.3 Å². The molecule has 0 bridgehead atoms. The van der Waals surface area contributed by atoms with Gasteiger partial charge < -0.3 is 15.4 Å². The highest BCUT2D eigenvalue weighted by molar-refractivity contribution is 7.12. The maximum absolute atomic E-state index is 13.1. The Hall–Kier alpha value is -3.12. The predicted octanol–water partition coefficient (Wildman–Crippen LogP) is 5.46. The highest BCUT2D eigenvalue weighted by Gasteiger charge is 2.24. The third-order valence-electron chi connectivity index (χ3n) is 4.31. The number of rotatable bonds is 7. The third kappa shape index (κ3) is 5.23. The third-order valence-corrected chi connectivity index (χ3v) is 5.34. The van der Waals surface area contributed by atoms with E-state index in [-0.39, 0.29) is 11.8 Å². The van der Waals surface area contributed by atoms with Gasteiger partial charge in [0.2, 0.25) is 0 Å². The number of methoxy groups -OCH3 is 1. The fraction of sp³-hybridized carbons (Fsp3) is 0.217. The molecule has 0 atom stereocenters. The standard InChI is InChI=1S/C23H24N2O3S/c1-15(2)13-16-14-29-21(23(27)25-17-7-5-4-6-8-17)20(16)22(26)24-18-9-11-19(28-3)12-10-18/h4-12,14-15H,13H2,1-3H3,(H,24,26)(H,25,27). The summed E-state index contributed by atoms with van der Waals surface area (Å²) >= 11 is 1.30. The van der Waals surface area contributed by atoms with E-state index in [4.69, 9.17) is 4.74 Å². The number of carbonyl (C=O) groups is 2. The minimum Gasteiger partial charge on any atom is -0.497 e. The smallest absolute Gasteiger partial charge is 0.266 e. The zero-order chi connectivity index (χ0) is 20.8. The quantitative estimate of drug-likeness (QED) is 0.545. The van der Waals surface area contributed by atoms with Gasteiger partial charge in [-0.05, 0) is 59.7 Å². The monoisotopic (exact) mass is 408 g/mol. The van der Waals surface area contributed by atoms with Crippen LogP contribution in [-0.2, 0) is 6.42 Å². The lowest BCUT2D eigenvalue weighted by atomic mass is 10.00. The molecule has 1 aromatic heterocycles. The van der Waals surface area contributed by atoms with Crippen molar-refractivity contribution in [2.24, 2.45) is 5.92 Å². The Bertz CT molecular complexity index is 979. The number of hydrogen-bond acceptors (Lipinski definition) is 4. The second kappa shape index (κ2) is 9.39. The summed E-state index contributed by atoms with van der Waals surface area (Å²) in [4.78, 5) is 26.4. The molecule has 0 radical (unpaired) electrons. The van der Waals surface area contributed by atoms with Gasteiger partial charge in [0.05, 0.1) is 12.7 Å². The van der Waals surface area contributed by atoms with E-state index in [9.17, 15) is 9.59 Å². The van der Waals surface area contributed by atoms with Crippen molar-refractivity contribution in [3.63, 3.8) is 0 Å². The van der Waals surface area contributed by atoms with Crippen LogP contribution in [0.4, 0.5) is 11.4 Å². The molecule has 0 spiro atoms. The molecule has 0 aliphatic rings. The normalized spacial score (nSPS) is 10.6. The van der Waals surface area contributed by atoms with E-state index >= 15 is 0 Å². The van der Waals surface area contributed by atoms with Crippen molar-refractivity contribution in [2.75, 3.05) is 17.7 Å². The molecule has 3 rings (SSSR count). The van der Waals surface area contributed by atoms with E-state index in [1.807, 2.05) is 35.7 Å². The van der Waals surface area contributed by atoms with E-state index in [2.05, 4.69) is 24.5 Å². The van der Waals surface area contributed by atoms with Crippen LogP contribution in [0.3, 0.4) is 0 Å². The molecule has 6 heteroatoms. The molecule has 2 N–H and O–H groups in total. The second-order valence-electron chi connectivity index (χ2n) is 7.07. The minimum atomic E-state index is -0.287. The molecule has 1 heterocycles. The summed E-state index contributed by atoms with van der Waals surface area (Å²) in [5, 5.41) is 7.68. The van der Waals surface area contributed by atoms with Crippen molar-refractivity contribution in [2.45, 2.75) is 20.3 Å². The number of carbonyl (C=O) groups excluding carboxylic acids is 2. The van der Waals surface area contributed by atoms with Crippen molar-refractivity contribution in [1.29, 1.82) is 0 Å². The molecule has 0 saturated carbocycles. The number of benzene rings is 2. The molecular weight excluding hydrogens is 384 g/mol. The predicted molar refractivity (Wildman–Crippen MR) is 118 cm³/mol. The molecule has 0 aliphatic carbocycles. The van der Waals surface area contributed by atoms with Gasteiger partial charge in [-0.3, -0.25) is 9.59 Å². The van der Waals surface area contributed by atoms with E-state index in [0.717, 1.165) is 12.0 Å². The van der Waals surface area contributed by atoms with Crippen LogP contribution >= 0.6 is 11.3 Å². The molecule has 5 nitrogen and oxygen atoms in total. The van der Waals surface area contributed by atoms with Gasteiger partial charge in [-0.25, -0.2) is 0 Å². The summed E-state index contributed by atoms with van der Waals surface area (Å²) in [6.45, 7) is 4.18. The molecule has 150 valence electrons. The Morgan fingerprint density at radius 3 is 2.17 bits per heavy atom.